The van der Waals surface area contributed by atoms with Crippen molar-refractivity contribution in [2.45, 2.75) is 13.1 Å². The van der Waals surface area contributed by atoms with Crippen LogP contribution in [0.2, 0.25) is 0 Å². The third kappa shape index (κ3) is 3.72. The molecule has 24 heavy (non-hydrogen) atoms. The van der Waals surface area contributed by atoms with Crippen molar-refractivity contribution in [3.8, 4) is 17.3 Å². The topological polar surface area (TPSA) is 61.2 Å². The molecule has 6 heteroatoms. The standard InChI is InChI=1S/C18H20N4O2/c1-23-16-5-4-14(10-17(16)24-2)12-19-13-15-6-8-20-18(11-15)22-9-3-7-21-22/h3-11,19H,12-13H2,1-2H3. The van der Waals surface area contributed by atoms with Gasteiger partial charge in [-0.2, -0.15) is 5.10 Å². The molecule has 0 saturated carbocycles. The van der Waals surface area contributed by atoms with Crippen LogP contribution in [-0.4, -0.2) is 29.0 Å². The molecule has 0 amide bonds. The zero-order valence-electron chi connectivity index (χ0n) is 13.8. The summed E-state index contributed by atoms with van der Waals surface area (Å²) in [6, 6.07) is 11.8. The smallest absolute Gasteiger partial charge is 0.161 e. The maximum absolute atomic E-state index is 5.33. The van der Waals surface area contributed by atoms with E-state index in [0.717, 1.165) is 41.5 Å². The van der Waals surface area contributed by atoms with Crippen LogP contribution in [0.15, 0.2) is 55.0 Å². The Balaban J connectivity index is 1.62. The van der Waals surface area contributed by atoms with Gasteiger partial charge in [0.25, 0.3) is 0 Å². The molecule has 2 aromatic heterocycles. The van der Waals surface area contributed by atoms with Crippen molar-refractivity contribution in [3.05, 3.63) is 66.1 Å². The van der Waals surface area contributed by atoms with Crippen LogP contribution in [0.3, 0.4) is 0 Å². The first kappa shape index (κ1) is 16.0. The molecule has 3 rings (SSSR count). The predicted octanol–water partition coefficient (Wildman–Crippen LogP) is 2.57. The highest BCUT2D eigenvalue weighted by atomic mass is 16.5. The number of hydrogen-bond donors (Lipinski definition) is 1. The van der Waals surface area contributed by atoms with Crippen molar-refractivity contribution in [2.75, 3.05) is 14.2 Å². The summed E-state index contributed by atoms with van der Waals surface area (Å²) in [7, 11) is 3.28. The summed E-state index contributed by atoms with van der Waals surface area (Å²) in [4.78, 5) is 4.33. The summed E-state index contributed by atoms with van der Waals surface area (Å²) in [6.07, 6.45) is 5.41. The zero-order chi connectivity index (χ0) is 16.8. The molecule has 0 atom stereocenters. The molecule has 1 aromatic carbocycles. The predicted molar refractivity (Wildman–Crippen MR) is 91.4 cm³/mol. The maximum Gasteiger partial charge on any atom is 0.161 e. The van der Waals surface area contributed by atoms with Gasteiger partial charge in [-0.25, -0.2) is 9.67 Å². The number of methoxy groups -OCH3 is 2. The average molecular weight is 324 g/mol. The zero-order valence-corrected chi connectivity index (χ0v) is 13.8. The average Bonchev–Trinajstić information content (AvgIpc) is 3.16. The molecule has 0 radical (unpaired) electrons. The molecule has 0 aliphatic rings. The molecule has 1 N–H and O–H groups in total. The minimum absolute atomic E-state index is 0.735. The molecule has 0 fully saturated rings. The molecule has 0 unspecified atom stereocenters. The summed E-state index contributed by atoms with van der Waals surface area (Å²) < 4.78 is 12.3. The SMILES string of the molecule is COc1ccc(CNCc2ccnc(-n3cccn3)c2)cc1OC. The normalized spacial score (nSPS) is 10.6. The highest BCUT2D eigenvalue weighted by Crippen LogP contribution is 2.27. The van der Waals surface area contributed by atoms with Gasteiger partial charge >= 0.3 is 0 Å². The molecule has 0 spiro atoms. The van der Waals surface area contributed by atoms with Crippen LogP contribution in [0, 0.1) is 0 Å². The lowest BCUT2D eigenvalue weighted by Crippen LogP contribution is -2.13. The van der Waals surface area contributed by atoms with Gasteiger partial charge in [-0.15, -0.1) is 0 Å². The van der Waals surface area contributed by atoms with E-state index in [-0.39, 0.29) is 0 Å². The Labute approximate surface area is 141 Å². The molecule has 0 aliphatic heterocycles. The Morgan fingerprint density at radius 3 is 2.46 bits per heavy atom. The quantitative estimate of drug-likeness (QED) is 0.724. The van der Waals surface area contributed by atoms with E-state index in [1.807, 2.05) is 42.6 Å². The number of nitrogens with one attached hydrogen (secondary N) is 1. The van der Waals surface area contributed by atoms with E-state index < -0.39 is 0 Å². The first-order valence-electron chi connectivity index (χ1n) is 7.66. The molecular weight excluding hydrogens is 304 g/mol. The fourth-order valence-corrected chi connectivity index (χ4v) is 2.44. The van der Waals surface area contributed by atoms with Crippen molar-refractivity contribution in [1.29, 1.82) is 0 Å². The third-order valence-corrected chi connectivity index (χ3v) is 3.66. The molecule has 0 aliphatic carbocycles. The molecule has 2 heterocycles. The van der Waals surface area contributed by atoms with E-state index >= 15 is 0 Å². The fourth-order valence-electron chi connectivity index (χ4n) is 2.44. The van der Waals surface area contributed by atoms with Gasteiger partial charge in [0.15, 0.2) is 17.3 Å². The van der Waals surface area contributed by atoms with Gasteiger partial charge in [-0.05, 0) is 41.5 Å². The van der Waals surface area contributed by atoms with Crippen LogP contribution in [0.5, 0.6) is 11.5 Å². The summed E-state index contributed by atoms with van der Waals surface area (Å²) in [6.45, 7) is 1.48. The Kier molecular flexibility index (Phi) is 5.08. The number of ether oxygens (including phenoxy) is 2. The van der Waals surface area contributed by atoms with Crippen LogP contribution in [-0.2, 0) is 13.1 Å². The summed E-state index contributed by atoms with van der Waals surface area (Å²) in [5.41, 5.74) is 2.28. The first-order chi connectivity index (χ1) is 11.8. The second kappa shape index (κ2) is 7.61. The number of pyridine rings is 1. The molecule has 6 nitrogen and oxygen atoms in total. The van der Waals surface area contributed by atoms with E-state index in [4.69, 9.17) is 9.47 Å². The van der Waals surface area contributed by atoms with Gasteiger partial charge in [-0.3, -0.25) is 0 Å². The van der Waals surface area contributed by atoms with Crippen LogP contribution < -0.4 is 14.8 Å². The monoisotopic (exact) mass is 324 g/mol. The highest BCUT2D eigenvalue weighted by molar-refractivity contribution is 5.42. The third-order valence-electron chi connectivity index (χ3n) is 3.66. The van der Waals surface area contributed by atoms with Crippen molar-refractivity contribution >= 4 is 0 Å². The summed E-state index contributed by atoms with van der Waals surface area (Å²) in [5.74, 6) is 2.28. The van der Waals surface area contributed by atoms with Gasteiger partial charge in [-0.1, -0.05) is 6.07 Å². The number of hydrogen-bond acceptors (Lipinski definition) is 5. The van der Waals surface area contributed by atoms with Crippen molar-refractivity contribution in [3.63, 3.8) is 0 Å². The van der Waals surface area contributed by atoms with Crippen molar-refractivity contribution in [2.24, 2.45) is 0 Å². The Morgan fingerprint density at radius 1 is 0.958 bits per heavy atom. The fraction of sp³-hybridized carbons (Fsp3) is 0.222. The van der Waals surface area contributed by atoms with Gasteiger partial charge in [0.2, 0.25) is 0 Å². The largest absolute Gasteiger partial charge is 0.493 e. The van der Waals surface area contributed by atoms with E-state index in [0.29, 0.717) is 0 Å². The minimum Gasteiger partial charge on any atom is -0.493 e. The maximum atomic E-state index is 5.33. The first-order valence-corrected chi connectivity index (χ1v) is 7.66. The highest BCUT2D eigenvalue weighted by Gasteiger charge is 2.05. The Hall–Kier alpha value is -2.86. The molecule has 3 aromatic rings. The van der Waals surface area contributed by atoms with Gasteiger partial charge in [0, 0.05) is 31.7 Å². The van der Waals surface area contributed by atoms with E-state index in [1.54, 1.807) is 31.3 Å². The van der Waals surface area contributed by atoms with Gasteiger partial charge in [0.1, 0.15) is 0 Å². The van der Waals surface area contributed by atoms with Crippen molar-refractivity contribution < 1.29 is 9.47 Å². The van der Waals surface area contributed by atoms with Crippen LogP contribution in [0.25, 0.3) is 5.82 Å². The van der Waals surface area contributed by atoms with E-state index in [1.165, 1.54) is 0 Å². The molecule has 0 saturated heterocycles. The molecular formula is C18H20N4O2. The number of nitrogens with zero attached hydrogens (tertiary/aromatic N) is 3. The lowest BCUT2D eigenvalue weighted by Gasteiger charge is -2.10. The van der Waals surface area contributed by atoms with Crippen LogP contribution >= 0.6 is 0 Å². The van der Waals surface area contributed by atoms with E-state index in [9.17, 15) is 0 Å². The number of rotatable bonds is 7. The van der Waals surface area contributed by atoms with Gasteiger partial charge < -0.3 is 14.8 Å². The minimum atomic E-state index is 0.735. The second-order valence-corrected chi connectivity index (χ2v) is 5.27. The molecule has 124 valence electrons. The van der Waals surface area contributed by atoms with Gasteiger partial charge in [0.05, 0.1) is 14.2 Å². The summed E-state index contributed by atoms with van der Waals surface area (Å²) >= 11 is 0. The number of benzene rings is 1. The Morgan fingerprint density at radius 2 is 1.75 bits per heavy atom. The lowest BCUT2D eigenvalue weighted by atomic mass is 10.2. The molecule has 0 bridgehead atoms. The van der Waals surface area contributed by atoms with Crippen LogP contribution in [0.4, 0.5) is 0 Å². The van der Waals surface area contributed by atoms with Crippen molar-refractivity contribution in [1.82, 2.24) is 20.1 Å². The Bertz CT molecular complexity index is 787. The van der Waals surface area contributed by atoms with E-state index in [2.05, 4.69) is 15.4 Å². The lowest BCUT2D eigenvalue weighted by molar-refractivity contribution is 0.354. The summed E-state index contributed by atoms with van der Waals surface area (Å²) in [5, 5.41) is 7.62. The van der Waals surface area contributed by atoms with Crippen LogP contribution in [0.1, 0.15) is 11.1 Å². The second-order valence-electron chi connectivity index (χ2n) is 5.27. The number of aromatic nitrogens is 3.